The van der Waals surface area contributed by atoms with Crippen molar-refractivity contribution in [1.82, 2.24) is 20.3 Å². The standard InChI is InChI=1S/C30H33N5O5/c1-19-10-11-20(2)25(15-19)35(28(37)18-34-24-9-5-4-8-23(24)32-33-34)29(21-12-13-26(36)27(16-21)39-3)30(38)31-17-22-7-6-14-40-22/h4-5,8-13,15-16,22,29,36H,6-7,14,17-18H2,1-3H3,(H,31,38). The number of carbonyl (C=O) groups excluding carboxylic acids is 2. The van der Waals surface area contributed by atoms with E-state index in [1.54, 1.807) is 12.1 Å². The number of aryl methyl sites for hydroxylation is 2. The minimum Gasteiger partial charge on any atom is -0.504 e. The molecule has 1 aliphatic heterocycles. The smallest absolute Gasteiger partial charge is 0.249 e. The van der Waals surface area contributed by atoms with E-state index < -0.39 is 6.04 Å². The van der Waals surface area contributed by atoms with Crippen LogP contribution >= 0.6 is 0 Å². The normalized spacial score (nSPS) is 15.6. The van der Waals surface area contributed by atoms with Crippen molar-refractivity contribution in [1.29, 1.82) is 0 Å². The van der Waals surface area contributed by atoms with Gasteiger partial charge >= 0.3 is 0 Å². The number of rotatable bonds is 9. The Morgan fingerprint density at radius 1 is 1.18 bits per heavy atom. The van der Waals surface area contributed by atoms with Crippen LogP contribution in [0.4, 0.5) is 5.69 Å². The van der Waals surface area contributed by atoms with Gasteiger partial charge in [-0.2, -0.15) is 0 Å². The molecule has 2 atom stereocenters. The first-order valence-electron chi connectivity index (χ1n) is 13.3. The quantitative estimate of drug-likeness (QED) is 0.329. The number of anilines is 1. The Kier molecular flexibility index (Phi) is 7.97. The Hall–Kier alpha value is -4.44. The molecule has 2 amide bonds. The summed E-state index contributed by atoms with van der Waals surface area (Å²) in [6, 6.07) is 16.8. The zero-order valence-corrected chi connectivity index (χ0v) is 22.8. The molecule has 1 fully saturated rings. The van der Waals surface area contributed by atoms with Crippen molar-refractivity contribution < 1.29 is 24.2 Å². The van der Waals surface area contributed by atoms with E-state index in [0.29, 0.717) is 35.4 Å². The maximum absolute atomic E-state index is 14.3. The maximum atomic E-state index is 14.3. The highest BCUT2D eigenvalue weighted by atomic mass is 16.5. The van der Waals surface area contributed by atoms with Crippen molar-refractivity contribution in [2.75, 3.05) is 25.2 Å². The number of nitrogens with one attached hydrogen (secondary N) is 1. The number of nitrogens with zero attached hydrogens (tertiary/aromatic N) is 4. The molecule has 1 saturated heterocycles. The fraction of sp³-hybridized carbons (Fsp3) is 0.333. The summed E-state index contributed by atoms with van der Waals surface area (Å²) >= 11 is 0. The van der Waals surface area contributed by atoms with Crippen LogP contribution in [0.5, 0.6) is 11.5 Å². The van der Waals surface area contributed by atoms with Gasteiger partial charge in [0.25, 0.3) is 0 Å². The average molecular weight is 544 g/mol. The second-order valence-corrected chi connectivity index (χ2v) is 10.0. The Morgan fingerprint density at radius 2 is 2.00 bits per heavy atom. The topological polar surface area (TPSA) is 119 Å². The molecule has 0 spiro atoms. The number of hydrogen-bond donors (Lipinski definition) is 2. The predicted octanol–water partition coefficient (Wildman–Crippen LogP) is 3.83. The van der Waals surface area contributed by atoms with Crippen molar-refractivity contribution in [2.24, 2.45) is 0 Å². The molecule has 10 heteroatoms. The summed E-state index contributed by atoms with van der Waals surface area (Å²) in [7, 11) is 1.44. The third-order valence-corrected chi connectivity index (χ3v) is 7.15. The van der Waals surface area contributed by atoms with Gasteiger partial charge in [-0.3, -0.25) is 14.5 Å². The van der Waals surface area contributed by atoms with E-state index >= 15 is 0 Å². The molecule has 1 aromatic heterocycles. The summed E-state index contributed by atoms with van der Waals surface area (Å²) in [5, 5.41) is 21.7. The molecule has 2 heterocycles. The van der Waals surface area contributed by atoms with Crippen LogP contribution in [-0.4, -0.2) is 58.3 Å². The number of fused-ring (bicyclic) bond motifs is 1. The summed E-state index contributed by atoms with van der Waals surface area (Å²) in [5.41, 5.74) is 4.22. The largest absolute Gasteiger partial charge is 0.504 e. The third kappa shape index (κ3) is 5.62. The Balaban J connectivity index is 1.60. The van der Waals surface area contributed by atoms with Gasteiger partial charge in [-0.05, 0) is 73.7 Å². The minimum absolute atomic E-state index is 0.0662. The number of amides is 2. The highest BCUT2D eigenvalue weighted by Gasteiger charge is 2.35. The molecule has 0 aliphatic carbocycles. The number of aromatic nitrogens is 3. The lowest BCUT2D eigenvalue weighted by Crippen LogP contribution is -2.47. The van der Waals surface area contributed by atoms with E-state index in [4.69, 9.17) is 9.47 Å². The van der Waals surface area contributed by atoms with Crippen LogP contribution in [0, 0.1) is 13.8 Å². The van der Waals surface area contributed by atoms with Crippen LogP contribution in [0.25, 0.3) is 11.0 Å². The van der Waals surface area contributed by atoms with Gasteiger partial charge in [-0.25, -0.2) is 4.68 Å². The van der Waals surface area contributed by atoms with Crippen molar-refractivity contribution in [2.45, 2.75) is 45.4 Å². The number of carbonyl (C=O) groups is 2. The number of phenolic OH excluding ortho intramolecular Hbond substituents is 1. The van der Waals surface area contributed by atoms with Gasteiger partial charge < -0.3 is 19.9 Å². The van der Waals surface area contributed by atoms with Gasteiger partial charge in [0, 0.05) is 18.8 Å². The lowest BCUT2D eigenvalue weighted by molar-refractivity contribution is -0.127. The molecule has 0 saturated carbocycles. The summed E-state index contributed by atoms with van der Waals surface area (Å²) in [6.07, 6.45) is 1.72. The second kappa shape index (κ2) is 11.7. The highest BCUT2D eigenvalue weighted by Crippen LogP contribution is 2.36. The summed E-state index contributed by atoms with van der Waals surface area (Å²) in [5.74, 6) is -0.594. The Bertz CT molecular complexity index is 1530. The molecule has 208 valence electrons. The van der Waals surface area contributed by atoms with E-state index in [1.165, 1.54) is 22.8 Å². The lowest BCUT2D eigenvalue weighted by atomic mass is 10.00. The number of para-hydroxylation sites is 1. The maximum Gasteiger partial charge on any atom is 0.249 e. The van der Waals surface area contributed by atoms with Crippen molar-refractivity contribution in [3.05, 3.63) is 77.4 Å². The van der Waals surface area contributed by atoms with Crippen LogP contribution in [0.15, 0.2) is 60.7 Å². The fourth-order valence-corrected chi connectivity index (χ4v) is 5.03. The van der Waals surface area contributed by atoms with Gasteiger partial charge in [0.1, 0.15) is 18.1 Å². The number of aromatic hydroxyl groups is 1. The van der Waals surface area contributed by atoms with E-state index in [0.717, 1.165) is 24.0 Å². The van der Waals surface area contributed by atoms with Crippen molar-refractivity contribution in [3.63, 3.8) is 0 Å². The molecule has 10 nitrogen and oxygen atoms in total. The van der Waals surface area contributed by atoms with Crippen LogP contribution in [0.1, 0.15) is 35.6 Å². The zero-order valence-electron chi connectivity index (χ0n) is 22.8. The summed E-state index contributed by atoms with van der Waals surface area (Å²) in [4.78, 5) is 29.8. The summed E-state index contributed by atoms with van der Waals surface area (Å²) < 4.78 is 12.6. The first-order valence-corrected chi connectivity index (χ1v) is 13.3. The number of phenols is 1. The van der Waals surface area contributed by atoms with E-state index in [1.807, 2.05) is 56.3 Å². The number of methoxy groups -OCH3 is 1. The SMILES string of the molecule is COc1cc(C(C(=O)NCC2CCCO2)N(C(=O)Cn2nnc3ccccc32)c2cc(C)ccc2C)ccc1O. The lowest BCUT2D eigenvalue weighted by Gasteiger charge is -2.33. The van der Waals surface area contributed by atoms with Gasteiger partial charge in [-0.15, -0.1) is 5.10 Å². The fourth-order valence-electron chi connectivity index (χ4n) is 5.03. The van der Waals surface area contributed by atoms with Crippen LogP contribution in [0.2, 0.25) is 0 Å². The molecule has 40 heavy (non-hydrogen) atoms. The average Bonchev–Trinajstić information content (AvgIpc) is 3.63. The molecule has 3 aromatic carbocycles. The molecule has 0 radical (unpaired) electrons. The van der Waals surface area contributed by atoms with E-state index in [9.17, 15) is 14.7 Å². The predicted molar refractivity (Wildman–Crippen MR) is 150 cm³/mol. The van der Waals surface area contributed by atoms with Gasteiger partial charge in [0.2, 0.25) is 11.8 Å². The molecule has 5 rings (SSSR count). The minimum atomic E-state index is -1.07. The second-order valence-electron chi connectivity index (χ2n) is 10.0. The first-order chi connectivity index (χ1) is 19.4. The van der Waals surface area contributed by atoms with Crippen molar-refractivity contribution in [3.8, 4) is 11.5 Å². The molecule has 0 bridgehead atoms. The summed E-state index contributed by atoms with van der Waals surface area (Å²) in [6.45, 7) is 4.69. The van der Waals surface area contributed by atoms with Crippen molar-refractivity contribution >= 4 is 28.5 Å². The Labute approximate surface area is 232 Å². The zero-order chi connectivity index (χ0) is 28.2. The third-order valence-electron chi connectivity index (χ3n) is 7.15. The molecule has 2 N–H and O–H groups in total. The van der Waals surface area contributed by atoms with Crippen LogP contribution in [-0.2, 0) is 20.9 Å². The van der Waals surface area contributed by atoms with Crippen LogP contribution in [0.3, 0.4) is 0 Å². The molecular weight excluding hydrogens is 510 g/mol. The molecular formula is C30H33N5O5. The molecule has 2 unspecified atom stereocenters. The monoisotopic (exact) mass is 543 g/mol. The van der Waals surface area contributed by atoms with Crippen LogP contribution < -0.4 is 15.0 Å². The highest BCUT2D eigenvalue weighted by molar-refractivity contribution is 6.02. The van der Waals surface area contributed by atoms with Gasteiger partial charge in [0.15, 0.2) is 11.5 Å². The Morgan fingerprint density at radius 3 is 2.77 bits per heavy atom. The van der Waals surface area contributed by atoms with E-state index in [2.05, 4.69) is 15.6 Å². The number of benzene rings is 3. The number of ether oxygens (including phenoxy) is 2. The van der Waals surface area contributed by atoms with Gasteiger partial charge in [0.05, 0.1) is 18.7 Å². The van der Waals surface area contributed by atoms with E-state index in [-0.39, 0.29) is 36.0 Å². The first kappa shape index (κ1) is 27.1. The molecule has 4 aromatic rings. The van der Waals surface area contributed by atoms with Gasteiger partial charge in [-0.1, -0.05) is 35.5 Å². The molecule has 1 aliphatic rings. The number of hydrogen-bond acceptors (Lipinski definition) is 7.